The fourth-order valence-corrected chi connectivity index (χ4v) is 5.61. The Morgan fingerprint density at radius 3 is 2.46 bits per heavy atom. The molecule has 0 radical (unpaired) electrons. The number of fused-ring (bicyclic) bond motifs is 1. The SMILES string of the molecule is CC.CCCC(C)(C)Cc1cc(COc2ccc3c(c2)C(CC(=O)O)CC3)ccc1-c1cc(OC)ccc1F. The normalized spacial score (nSPS) is 14.3. The van der Waals surface area contributed by atoms with Crippen LogP contribution >= 0.6 is 0 Å². The first-order valence-electron chi connectivity index (χ1n) is 14.1. The maximum absolute atomic E-state index is 14.9. The Kier molecular flexibility index (Phi) is 10.6. The average molecular weight is 535 g/mol. The number of halogens is 1. The van der Waals surface area contributed by atoms with E-state index in [1.807, 2.05) is 38.1 Å². The fourth-order valence-electron chi connectivity index (χ4n) is 5.61. The molecule has 0 spiro atoms. The van der Waals surface area contributed by atoms with Crippen LogP contribution in [0.2, 0.25) is 0 Å². The van der Waals surface area contributed by atoms with Crippen LogP contribution in [0.1, 0.15) is 88.5 Å². The number of benzene rings is 3. The van der Waals surface area contributed by atoms with E-state index in [1.54, 1.807) is 19.2 Å². The molecule has 4 nitrogen and oxygen atoms in total. The molecule has 3 aromatic carbocycles. The number of hydrogen-bond acceptors (Lipinski definition) is 3. The van der Waals surface area contributed by atoms with Gasteiger partial charge in [-0.1, -0.05) is 65.3 Å². The van der Waals surface area contributed by atoms with Crippen LogP contribution in [-0.2, 0) is 24.2 Å². The standard InChI is InChI=1S/C32H37FO4.C2H6/c1-5-14-32(2,3)19-24-15-21(6-12-27(24)29-17-25(36-4)11-13-30(29)33)20-37-26-10-9-22-7-8-23(16-31(34)35)28(22)18-26;1-2/h6,9-13,15,17-18,23H,5,7-8,14,16,19-20H2,1-4H3,(H,34,35);1-2H3. The predicted molar refractivity (Wildman–Crippen MR) is 156 cm³/mol. The van der Waals surface area contributed by atoms with Crippen molar-refractivity contribution in [2.45, 2.75) is 85.7 Å². The molecular formula is C34H43FO4. The third kappa shape index (κ3) is 7.84. The third-order valence-corrected chi connectivity index (χ3v) is 7.37. The van der Waals surface area contributed by atoms with Gasteiger partial charge >= 0.3 is 5.97 Å². The quantitative estimate of drug-likeness (QED) is 0.267. The molecule has 0 saturated heterocycles. The van der Waals surface area contributed by atoms with Crippen molar-refractivity contribution in [1.29, 1.82) is 0 Å². The summed E-state index contributed by atoms with van der Waals surface area (Å²) >= 11 is 0. The first kappa shape index (κ1) is 30.2. The van der Waals surface area contributed by atoms with E-state index in [2.05, 4.69) is 32.9 Å². The van der Waals surface area contributed by atoms with Crippen LogP contribution in [-0.4, -0.2) is 18.2 Å². The summed E-state index contributed by atoms with van der Waals surface area (Å²) in [5, 5.41) is 9.25. The van der Waals surface area contributed by atoms with Crippen LogP contribution in [0.5, 0.6) is 11.5 Å². The molecule has 1 unspecified atom stereocenters. The topological polar surface area (TPSA) is 55.8 Å². The second kappa shape index (κ2) is 13.6. The molecule has 5 heteroatoms. The van der Waals surface area contributed by atoms with E-state index in [0.717, 1.165) is 60.1 Å². The highest BCUT2D eigenvalue weighted by molar-refractivity contribution is 5.70. The van der Waals surface area contributed by atoms with E-state index in [1.165, 1.54) is 11.6 Å². The molecule has 3 aromatic rings. The summed E-state index contributed by atoms with van der Waals surface area (Å²) in [6.45, 7) is 11.1. The molecule has 39 heavy (non-hydrogen) atoms. The highest BCUT2D eigenvalue weighted by Crippen LogP contribution is 2.38. The number of ether oxygens (including phenoxy) is 2. The van der Waals surface area contributed by atoms with Crippen LogP contribution in [0.15, 0.2) is 54.6 Å². The average Bonchev–Trinajstić information content (AvgIpc) is 3.30. The molecule has 0 aliphatic heterocycles. The minimum atomic E-state index is -0.768. The summed E-state index contributed by atoms with van der Waals surface area (Å²) in [6.07, 6.45) is 4.89. The zero-order chi connectivity index (χ0) is 28.6. The van der Waals surface area contributed by atoms with Gasteiger partial charge in [0.1, 0.15) is 23.9 Å². The van der Waals surface area contributed by atoms with Gasteiger partial charge in [0.2, 0.25) is 0 Å². The van der Waals surface area contributed by atoms with E-state index in [9.17, 15) is 14.3 Å². The van der Waals surface area contributed by atoms with Gasteiger partial charge in [0.15, 0.2) is 0 Å². The largest absolute Gasteiger partial charge is 0.497 e. The Balaban J connectivity index is 0.00000205. The number of aliphatic carboxylic acids is 1. The minimum Gasteiger partial charge on any atom is -0.497 e. The van der Waals surface area contributed by atoms with E-state index in [-0.39, 0.29) is 23.6 Å². The lowest BCUT2D eigenvalue weighted by molar-refractivity contribution is -0.137. The molecule has 1 atom stereocenters. The number of rotatable bonds is 11. The van der Waals surface area contributed by atoms with Crippen molar-refractivity contribution in [2.24, 2.45) is 5.41 Å². The van der Waals surface area contributed by atoms with Crippen LogP contribution in [0.3, 0.4) is 0 Å². The maximum Gasteiger partial charge on any atom is 0.303 e. The lowest BCUT2D eigenvalue weighted by Gasteiger charge is -2.26. The molecule has 0 aromatic heterocycles. The van der Waals surface area contributed by atoms with Gasteiger partial charge < -0.3 is 14.6 Å². The Bertz CT molecular complexity index is 1260. The van der Waals surface area contributed by atoms with Crippen molar-refractivity contribution >= 4 is 5.97 Å². The molecule has 1 aliphatic rings. The number of carboxylic acid groups (broad SMARTS) is 1. The second-order valence-corrected chi connectivity index (χ2v) is 10.9. The number of hydrogen-bond donors (Lipinski definition) is 1. The summed E-state index contributed by atoms with van der Waals surface area (Å²) in [7, 11) is 1.59. The molecule has 0 saturated carbocycles. The predicted octanol–water partition coefficient (Wildman–Crippen LogP) is 8.98. The van der Waals surface area contributed by atoms with Crippen LogP contribution in [0, 0.1) is 11.2 Å². The first-order chi connectivity index (χ1) is 18.7. The van der Waals surface area contributed by atoms with Gasteiger partial charge in [-0.05, 0) is 95.2 Å². The molecule has 0 fully saturated rings. The molecule has 0 heterocycles. The van der Waals surface area contributed by atoms with Gasteiger partial charge in [0.05, 0.1) is 13.5 Å². The number of aryl methyl sites for hydroxylation is 1. The van der Waals surface area contributed by atoms with Gasteiger partial charge in [0.25, 0.3) is 0 Å². The van der Waals surface area contributed by atoms with E-state index in [0.29, 0.717) is 17.9 Å². The highest BCUT2D eigenvalue weighted by Gasteiger charge is 2.25. The number of methoxy groups -OCH3 is 1. The molecule has 4 rings (SSSR count). The van der Waals surface area contributed by atoms with Crippen molar-refractivity contribution in [2.75, 3.05) is 7.11 Å². The Hall–Kier alpha value is -3.34. The van der Waals surface area contributed by atoms with Crippen LogP contribution in [0.25, 0.3) is 11.1 Å². The molecule has 0 amide bonds. The zero-order valence-electron chi connectivity index (χ0n) is 24.3. The lowest BCUT2D eigenvalue weighted by atomic mass is 9.79. The summed E-state index contributed by atoms with van der Waals surface area (Å²) in [4.78, 5) is 11.3. The molecule has 1 aliphatic carbocycles. The maximum atomic E-state index is 14.9. The van der Waals surface area contributed by atoms with Crippen molar-refractivity contribution in [3.63, 3.8) is 0 Å². The van der Waals surface area contributed by atoms with Gasteiger partial charge in [-0.15, -0.1) is 0 Å². The molecule has 0 bridgehead atoms. The number of carbonyl (C=O) groups is 1. The zero-order valence-corrected chi connectivity index (χ0v) is 24.3. The Morgan fingerprint density at radius 1 is 1.03 bits per heavy atom. The monoisotopic (exact) mass is 534 g/mol. The van der Waals surface area contributed by atoms with E-state index in [4.69, 9.17) is 9.47 Å². The van der Waals surface area contributed by atoms with Gasteiger partial charge in [0, 0.05) is 5.56 Å². The molecule has 1 N–H and O–H groups in total. The second-order valence-electron chi connectivity index (χ2n) is 10.9. The van der Waals surface area contributed by atoms with E-state index >= 15 is 0 Å². The molecular weight excluding hydrogens is 491 g/mol. The fraction of sp³-hybridized carbons (Fsp3) is 0.441. The summed E-state index contributed by atoms with van der Waals surface area (Å²) < 4.78 is 26.5. The first-order valence-corrected chi connectivity index (χ1v) is 14.1. The lowest BCUT2D eigenvalue weighted by Crippen LogP contribution is -2.15. The van der Waals surface area contributed by atoms with Crippen molar-refractivity contribution in [3.05, 3.63) is 82.7 Å². The van der Waals surface area contributed by atoms with Crippen LogP contribution in [0.4, 0.5) is 4.39 Å². The van der Waals surface area contributed by atoms with Crippen molar-refractivity contribution in [1.82, 2.24) is 0 Å². The molecule has 210 valence electrons. The van der Waals surface area contributed by atoms with Gasteiger partial charge in [-0.2, -0.15) is 0 Å². The van der Waals surface area contributed by atoms with Crippen molar-refractivity contribution < 1.29 is 23.8 Å². The van der Waals surface area contributed by atoms with Crippen molar-refractivity contribution in [3.8, 4) is 22.6 Å². The Labute approximate surface area is 233 Å². The summed E-state index contributed by atoms with van der Waals surface area (Å²) in [5.74, 6) is 0.372. The van der Waals surface area contributed by atoms with Gasteiger partial charge in [-0.3, -0.25) is 4.79 Å². The number of carboxylic acids is 1. The van der Waals surface area contributed by atoms with Crippen LogP contribution < -0.4 is 9.47 Å². The van der Waals surface area contributed by atoms with Gasteiger partial charge in [-0.25, -0.2) is 4.39 Å². The third-order valence-electron chi connectivity index (χ3n) is 7.37. The van der Waals surface area contributed by atoms with E-state index < -0.39 is 5.97 Å². The Morgan fingerprint density at radius 2 is 1.77 bits per heavy atom. The smallest absolute Gasteiger partial charge is 0.303 e. The minimum absolute atomic E-state index is 0.0421. The highest BCUT2D eigenvalue weighted by atomic mass is 19.1. The summed E-state index contributed by atoms with van der Waals surface area (Å²) in [6, 6.07) is 17.0. The summed E-state index contributed by atoms with van der Waals surface area (Å²) in [5.41, 5.74) is 5.88.